The van der Waals surface area contributed by atoms with Crippen LogP contribution in [0.5, 0.6) is 0 Å². The van der Waals surface area contributed by atoms with Gasteiger partial charge in [-0.1, -0.05) is 12.2 Å². The zero-order valence-electron chi connectivity index (χ0n) is 7.91. The van der Waals surface area contributed by atoms with E-state index in [1.165, 1.54) is 0 Å². The molecule has 1 aromatic rings. The highest BCUT2D eigenvalue weighted by atomic mass is 32.2. The lowest BCUT2D eigenvalue weighted by molar-refractivity contribution is 0.545. The number of thiocarbonyl (C=S) groups is 1. The Labute approximate surface area is 96.5 Å². The number of hydrogen-bond acceptors (Lipinski definition) is 3. The molecule has 0 aliphatic carbocycles. The van der Waals surface area contributed by atoms with Crippen molar-refractivity contribution in [2.24, 2.45) is 5.73 Å². The first kappa shape index (κ1) is 12.9. The average Bonchev–Trinajstić information content (AvgIpc) is 2.14. The highest BCUT2D eigenvalue weighted by molar-refractivity contribution is 7.89. The lowest BCUT2D eigenvalue weighted by Gasteiger charge is -2.06. The zero-order valence-corrected chi connectivity index (χ0v) is 9.54. The lowest BCUT2D eigenvalue weighted by Crippen LogP contribution is -2.32. The van der Waals surface area contributed by atoms with Crippen molar-refractivity contribution in [2.75, 3.05) is 6.54 Å². The third kappa shape index (κ3) is 3.19. The Balaban J connectivity index is 3.03. The summed E-state index contributed by atoms with van der Waals surface area (Å²) in [6.45, 7) is -0.283. The van der Waals surface area contributed by atoms with Gasteiger partial charge in [-0.3, -0.25) is 0 Å². The third-order valence-corrected chi connectivity index (χ3v) is 3.20. The first-order valence-electron chi connectivity index (χ1n) is 4.06. The first-order chi connectivity index (χ1) is 7.33. The molecule has 16 heavy (non-hydrogen) atoms. The van der Waals surface area contributed by atoms with Crippen LogP contribution in [-0.2, 0) is 10.0 Å². The molecule has 0 atom stereocenters. The molecule has 0 fully saturated rings. The van der Waals surface area contributed by atoms with E-state index >= 15 is 0 Å². The largest absolute Gasteiger partial charge is 0.392 e. The fraction of sp³-hybridized carbons (Fsp3) is 0.125. The van der Waals surface area contributed by atoms with E-state index in [2.05, 4.69) is 12.2 Å². The summed E-state index contributed by atoms with van der Waals surface area (Å²) in [4.78, 5) is -0.726. The standard InChI is InChI=1S/C8H8F2N2O2S2/c9-5-1-2-7(6(10)3-5)16(13,14)12-4-8(11)15/h1-3,12H,4H2,(H2,11,15). The molecule has 0 aliphatic heterocycles. The summed E-state index contributed by atoms with van der Waals surface area (Å²) < 4.78 is 50.6. The molecular weight excluding hydrogens is 258 g/mol. The molecule has 0 unspecified atom stereocenters. The van der Waals surface area contributed by atoms with Gasteiger partial charge in [0, 0.05) is 6.07 Å². The van der Waals surface area contributed by atoms with E-state index in [0.29, 0.717) is 6.07 Å². The van der Waals surface area contributed by atoms with Crippen LogP contribution in [0.2, 0.25) is 0 Å². The Hall–Kier alpha value is -1.12. The molecule has 0 spiro atoms. The van der Waals surface area contributed by atoms with Crippen LogP contribution in [0, 0.1) is 11.6 Å². The summed E-state index contributed by atoms with van der Waals surface area (Å²) >= 11 is 4.46. The number of nitrogens with two attached hydrogens (primary N) is 1. The molecule has 0 heterocycles. The van der Waals surface area contributed by atoms with Crippen LogP contribution in [-0.4, -0.2) is 20.0 Å². The van der Waals surface area contributed by atoms with Gasteiger partial charge in [-0.15, -0.1) is 0 Å². The molecule has 88 valence electrons. The molecular formula is C8H8F2N2O2S2. The molecule has 8 heteroatoms. The average molecular weight is 266 g/mol. The van der Waals surface area contributed by atoms with Gasteiger partial charge >= 0.3 is 0 Å². The lowest BCUT2D eigenvalue weighted by atomic mass is 10.3. The highest BCUT2D eigenvalue weighted by Gasteiger charge is 2.19. The quantitative estimate of drug-likeness (QED) is 0.780. The van der Waals surface area contributed by atoms with E-state index in [4.69, 9.17) is 5.73 Å². The van der Waals surface area contributed by atoms with Crippen molar-refractivity contribution in [2.45, 2.75) is 4.90 Å². The third-order valence-electron chi connectivity index (χ3n) is 1.62. The van der Waals surface area contributed by atoms with E-state index in [-0.39, 0.29) is 11.5 Å². The second kappa shape index (κ2) is 4.81. The predicted molar refractivity (Wildman–Crippen MR) is 58.3 cm³/mol. The van der Waals surface area contributed by atoms with E-state index in [0.717, 1.165) is 12.1 Å². The maximum absolute atomic E-state index is 13.1. The van der Waals surface area contributed by atoms with E-state index < -0.39 is 26.6 Å². The number of sulfonamides is 1. The molecule has 1 rings (SSSR count). The van der Waals surface area contributed by atoms with Crippen LogP contribution in [0.15, 0.2) is 23.1 Å². The van der Waals surface area contributed by atoms with Crippen LogP contribution in [0.1, 0.15) is 0 Å². The monoisotopic (exact) mass is 266 g/mol. The van der Waals surface area contributed by atoms with E-state index in [1.54, 1.807) is 0 Å². The second-order valence-corrected chi connectivity index (χ2v) is 5.13. The second-order valence-electron chi connectivity index (χ2n) is 2.87. The van der Waals surface area contributed by atoms with Gasteiger partial charge in [0.2, 0.25) is 10.0 Å². The zero-order chi connectivity index (χ0) is 12.3. The van der Waals surface area contributed by atoms with E-state index in [1.807, 2.05) is 4.72 Å². The topological polar surface area (TPSA) is 72.2 Å². The van der Waals surface area contributed by atoms with Crippen molar-refractivity contribution in [3.8, 4) is 0 Å². The minimum absolute atomic E-state index is 0.0777. The molecule has 0 saturated carbocycles. The van der Waals surface area contributed by atoms with E-state index in [9.17, 15) is 17.2 Å². The van der Waals surface area contributed by atoms with Crippen LogP contribution in [0.25, 0.3) is 0 Å². The Morgan fingerprint density at radius 2 is 2.06 bits per heavy atom. The molecule has 0 radical (unpaired) electrons. The minimum Gasteiger partial charge on any atom is -0.392 e. The van der Waals surface area contributed by atoms with Gasteiger partial charge in [-0.25, -0.2) is 21.9 Å². The maximum Gasteiger partial charge on any atom is 0.243 e. The Bertz CT molecular complexity index is 517. The smallest absolute Gasteiger partial charge is 0.243 e. The minimum atomic E-state index is -4.06. The van der Waals surface area contributed by atoms with Crippen molar-refractivity contribution in [3.05, 3.63) is 29.8 Å². The molecule has 3 N–H and O–H groups in total. The molecule has 0 bridgehead atoms. The van der Waals surface area contributed by atoms with Crippen molar-refractivity contribution in [1.29, 1.82) is 0 Å². The van der Waals surface area contributed by atoms with Crippen molar-refractivity contribution >= 4 is 27.2 Å². The van der Waals surface area contributed by atoms with Crippen LogP contribution < -0.4 is 10.5 Å². The molecule has 4 nitrogen and oxygen atoms in total. The van der Waals surface area contributed by atoms with Crippen LogP contribution >= 0.6 is 12.2 Å². The number of nitrogens with one attached hydrogen (secondary N) is 1. The SMILES string of the molecule is NC(=S)CNS(=O)(=O)c1ccc(F)cc1F. The van der Waals surface area contributed by atoms with Gasteiger partial charge in [-0.05, 0) is 12.1 Å². The number of benzene rings is 1. The fourth-order valence-corrected chi connectivity index (χ4v) is 2.16. The summed E-state index contributed by atoms with van der Waals surface area (Å²) in [6.07, 6.45) is 0. The van der Waals surface area contributed by atoms with Crippen LogP contribution in [0.4, 0.5) is 8.78 Å². The van der Waals surface area contributed by atoms with Gasteiger partial charge in [-0.2, -0.15) is 0 Å². The molecule has 0 aromatic heterocycles. The summed E-state index contributed by atoms with van der Waals surface area (Å²) in [5.41, 5.74) is 5.09. The van der Waals surface area contributed by atoms with Gasteiger partial charge in [0.15, 0.2) is 0 Å². The molecule has 0 saturated heterocycles. The predicted octanol–water partition coefficient (Wildman–Crippen LogP) is 0.529. The Kier molecular flexibility index (Phi) is 3.89. The normalized spacial score (nSPS) is 11.4. The first-order valence-corrected chi connectivity index (χ1v) is 5.95. The summed E-state index contributed by atoms with van der Waals surface area (Å²) in [5, 5.41) is 0. The van der Waals surface area contributed by atoms with Crippen LogP contribution in [0.3, 0.4) is 0 Å². The molecule has 1 aromatic carbocycles. The summed E-state index contributed by atoms with van der Waals surface area (Å²) in [7, 11) is -4.06. The number of hydrogen-bond donors (Lipinski definition) is 2. The van der Waals surface area contributed by atoms with Crippen molar-refractivity contribution < 1.29 is 17.2 Å². The number of rotatable bonds is 4. The van der Waals surface area contributed by atoms with Gasteiger partial charge < -0.3 is 5.73 Å². The Morgan fingerprint density at radius 1 is 1.44 bits per heavy atom. The highest BCUT2D eigenvalue weighted by Crippen LogP contribution is 2.14. The summed E-state index contributed by atoms with van der Waals surface area (Å²) in [5.74, 6) is -2.03. The maximum atomic E-state index is 13.1. The van der Waals surface area contributed by atoms with Crippen molar-refractivity contribution in [1.82, 2.24) is 4.72 Å². The van der Waals surface area contributed by atoms with Gasteiger partial charge in [0.25, 0.3) is 0 Å². The molecule has 0 amide bonds. The molecule has 0 aliphatic rings. The number of halogens is 2. The van der Waals surface area contributed by atoms with Gasteiger partial charge in [0.05, 0.1) is 11.5 Å². The van der Waals surface area contributed by atoms with Gasteiger partial charge in [0.1, 0.15) is 16.5 Å². The fourth-order valence-electron chi connectivity index (χ4n) is 0.937. The summed E-state index contributed by atoms with van der Waals surface area (Å²) in [6, 6.07) is 2.15. The van der Waals surface area contributed by atoms with Crippen molar-refractivity contribution in [3.63, 3.8) is 0 Å². The Morgan fingerprint density at radius 3 is 2.56 bits per heavy atom.